The number of carboxylic acid groups (broad SMARTS) is 1. The van der Waals surface area contributed by atoms with Crippen LogP contribution in [0.5, 0.6) is 11.5 Å². The van der Waals surface area contributed by atoms with E-state index < -0.39 is 12.1 Å². The average molecular weight is 297 g/mol. The summed E-state index contributed by atoms with van der Waals surface area (Å²) in [4.78, 5) is 22.6. The minimum absolute atomic E-state index is 0.0520. The number of aliphatic carboxylic acids is 1. The molecule has 7 nitrogen and oxygen atoms in total. The van der Waals surface area contributed by atoms with E-state index in [2.05, 4.69) is 5.32 Å². The van der Waals surface area contributed by atoms with Crippen molar-refractivity contribution in [1.82, 2.24) is 5.32 Å². The Balaban J connectivity index is 2.67. The molecular weight excluding hydrogens is 278 g/mol. The zero-order chi connectivity index (χ0) is 15.8. The molecule has 0 aliphatic heterocycles. The van der Waals surface area contributed by atoms with Gasteiger partial charge in [0.05, 0.1) is 27.2 Å². The zero-order valence-corrected chi connectivity index (χ0v) is 12.2. The number of ether oxygens (including phenoxy) is 3. The van der Waals surface area contributed by atoms with E-state index in [0.29, 0.717) is 17.1 Å². The van der Waals surface area contributed by atoms with Crippen LogP contribution < -0.4 is 14.8 Å². The Morgan fingerprint density at radius 1 is 1.24 bits per heavy atom. The number of carbonyl (C=O) groups is 2. The topological polar surface area (TPSA) is 94.1 Å². The average Bonchev–Trinajstić information content (AvgIpc) is 2.47. The normalized spacial score (nSPS) is 11.6. The highest BCUT2D eigenvalue weighted by molar-refractivity contribution is 5.80. The van der Waals surface area contributed by atoms with E-state index in [4.69, 9.17) is 19.3 Å². The second kappa shape index (κ2) is 8.11. The van der Waals surface area contributed by atoms with Crippen LogP contribution in [0.15, 0.2) is 18.2 Å². The molecule has 0 aliphatic carbocycles. The lowest BCUT2D eigenvalue weighted by atomic mass is 10.1. The molecule has 1 aromatic rings. The first kappa shape index (κ1) is 16.8. The van der Waals surface area contributed by atoms with Crippen LogP contribution in [0.25, 0.3) is 0 Å². The van der Waals surface area contributed by atoms with Gasteiger partial charge in [0.1, 0.15) is 11.5 Å². The Morgan fingerprint density at radius 2 is 1.95 bits per heavy atom. The minimum Gasteiger partial charge on any atom is -0.497 e. The molecule has 0 aromatic heterocycles. The number of amides is 1. The van der Waals surface area contributed by atoms with Crippen LogP contribution in [0.4, 0.5) is 0 Å². The molecule has 116 valence electrons. The van der Waals surface area contributed by atoms with E-state index in [1.807, 2.05) is 0 Å². The summed E-state index contributed by atoms with van der Waals surface area (Å²) in [6.45, 7) is -0.100. The maximum absolute atomic E-state index is 11.9. The highest BCUT2D eigenvalue weighted by Gasteiger charge is 2.18. The molecule has 0 bridgehead atoms. The monoisotopic (exact) mass is 297 g/mol. The minimum atomic E-state index is -1.13. The molecule has 21 heavy (non-hydrogen) atoms. The van der Waals surface area contributed by atoms with Gasteiger partial charge < -0.3 is 24.6 Å². The highest BCUT2D eigenvalue weighted by Crippen LogP contribution is 2.24. The van der Waals surface area contributed by atoms with Gasteiger partial charge >= 0.3 is 5.97 Å². The van der Waals surface area contributed by atoms with Gasteiger partial charge in [-0.2, -0.15) is 0 Å². The van der Waals surface area contributed by atoms with Gasteiger partial charge in [-0.1, -0.05) is 0 Å². The summed E-state index contributed by atoms with van der Waals surface area (Å²) < 4.78 is 15.0. The molecule has 0 spiro atoms. The molecule has 0 saturated carbocycles. The fourth-order valence-electron chi connectivity index (χ4n) is 1.73. The van der Waals surface area contributed by atoms with E-state index in [0.717, 1.165) is 0 Å². The maximum Gasteiger partial charge on any atom is 0.334 e. The summed E-state index contributed by atoms with van der Waals surface area (Å²) in [5.41, 5.74) is 0.652. The van der Waals surface area contributed by atoms with Crippen molar-refractivity contribution >= 4 is 11.9 Å². The van der Waals surface area contributed by atoms with Crippen molar-refractivity contribution in [3.05, 3.63) is 23.8 Å². The van der Waals surface area contributed by atoms with Crippen LogP contribution in [0.1, 0.15) is 5.56 Å². The molecule has 1 amide bonds. The molecular formula is C14H19NO6. The first-order valence-electron chi connectivity index (χ1n) is 6.25. The lowest BCUT2D eigenvalue weighted by molar-refractivity contribution is -0.148. The third kappa shape index (κ3) is 4.96. The molecule has 1 rings (SSSR count). The number of benzene rings is 1. The summed E-state index contributed by atoms with van der Waals surface area (Å²) >= 11 is 0. The van der Waals surface area contributed by atoms with Crippen molar-refractivity contribution in [2.75, 3.05) is 27.9 Å². The van der Waals surface area contributed by atoms with Crippen molar-refractivity contribution in [2.24, 2.45) is 0 Å². The lowest BCUT2D eigenvalue weighted by Crippen LogP contribution is -2.38. The van der Waals surface area contributed by atoms with E-state index >= 15 is 0 Å². The van der Waals surface area contributed by atoms with Crippen molar-refractivity contribution < 1.29 is 28.9 Å². The molecule has 0 aliphatic rings. The standard InChI is InChI=1S/C14H19NO6/c1-19-10-4-5-11(20-2)9(6-10)7-13(16)15-8-12(21-3)14(17)18/h4-6,12H,7-8H2,1-3H3,(H,15,16)(H,17,18). The van der Waals surface area contributed by atoms with Gasteiger partial charge in [0.2, 0.25) is 5.91 Å². The highest BCUT2D eigenvalue weighted by atomic mass is 16.5. The quantitative estimate of drug-likeness (QED) is 0.724. The Hall–Kier alpha value is -2.28. The van der Waals surface area contributed by atoms with Gasteiger partial charge in [0, 0.05) is 12.7 Å². The fourth-order valence-corrected chi connectivity index (χ4v) is 1.73. The second-order valence-electron chi connectivity index (χ2n) is 4.22. The van der Waals surface area contributed by atoms with Crippen LogP contribution >= 0.6 is 0 Å². The molecule has 0 saturated heterocycles. The van der Waals surface area contributed by atoms with Crippen molar-refractivity contribution in [1.29, 1.82) is 0 Å². The smallest absolute Gasteiger partial charge is 0.334 e. The van der Waals surface area contributed by atoms with Gasteiger partial charge in [-0.15, -0.1) is 0 Å². The first-order chi connectivity index (χ1) is 10.0. The number of carbonyl (C=O) groups excluding carboxylic acids is 1. The van der Waals surface area contributed by atoms with E-state index in [1.165, 1.54) is 21.3 Å². The largest absolute Gasteiger partial charge is 0.497 e. The Bertz CT molecular complexity index is 502. The Labute approximate surface area is 122 Å². The fraction of sp³-hybridized carbons (Fsp3) is 0.429. The van der Waals surface area contributed by atoms with Crippen molar-refractivity contribution in [3.8, 4) is 11.5 Å². The Morgan fingerprint density at radius 3 is 2.48 bits per heavy atom. The number of rotatable bonds is 8. The summed E-state index contributed by atoms with van der Waals surface area (Å²) in [6, 6.07) is 5.13. The lowest BCUT2D eigenvalue weighted by Gasteiger charge is -2.13. The third-order valence-electron chi connectivity index (χ3n) is 2.88. The molecule has 7 heteroatoms. The Kier molecular flexibility index (Phi) is 6.48. The van der Waals surface area contributed by atoms with Gasteiger partial charge in [-0.25, -0.2) is 4.79 Å². The van der Waals surface area contributed by atoms with E-state index in [1.54, 1.807) is 18.2 Å². The van der Waals surface area contributed by atoms with Crippen LogP contribution in [0.3, 0.4) is 0 Å². The number of methoxy groups -OCH3 is 3. The molecule has 0 fully saturated rings. The van der Waals surface area contributed by atoms with Gasteiger partial charge in [-0.3, -0.25) is 4.79 Å². The van der Waals surface area contributed by atoms with Crippen LogP contribution in [-0.2, 0) is 20.7 Å². The number of hydrogen-bond donors (Lipinski definition) is 2. The number of hydrogen-bond acceptors (Lipinski definition) is 5. The van der Waals surface area contributed by atoms with Crippen LogP contribution in [0, 0.1) is 0 Å². The van der Waals surface area contributed by atoms with E-state index in [-0.39, 0.29) is 18.9 Å². The third-order valence-corrected chi connectivity index (χ3v) is 2.88. The predicted molar refractivity (Wildman–Crippen MR) is 74.7 cm³/mol. The second-order valence-corrected chi connectivity index (χ2v) is 4.22. The van der Waals surface area contributed by atoms with Crippen LogP contribution in [-0.4, -0.2) is 51.0 Å². The number of nitrogens with one attached hydrogen (secondary N) is 1. The molecule has 1 aromatic carbocycles. The van der Waals surface area contributed by atoms with Crippen LogP contribution in [0.2, 0.25) is 0 Å². The number of carboxylic acids is 1. The maximum atomic E-state index is 11.9. The summed E-state index contributed by atoms with van der Waals surface area (Å²) in [7, 11) is 4.31. The van der Waals surface area contributed by atoms with Gasteiger partial charge in [0.25, 0.3) is 0 Å². The summed E-state index contributed by atoms with van der Waals surface area (Å²) in [5, 5.41) is 11.3. The SMILES string of the molecule is COc1ccc(OC)c(CC(=O)NCC(OC)C(=O)O)c1. The molecule has 1 atom stereocenters. The van der Waals surface area contributed by atoms with Crippen molar-refractivity contribution in [2.45, 2.75) is 12.5 Å². The summed E-state index contributed by atoms with van der Waals surface area (Å²) in [5.74, 6) is -0.284. The van der Waals surface area contributed by atoms with Crippen molar-refractivity contribution in [3.63, 3.8) is 0 Å². The molecule has 2 N–H and O–H groups in total. The van der Waals surface area contributed by atoms with Gasteiger partial charge in [-0.05, 0) is 18.2 Å². The summed E-state index contributed by atoms with van der Waals surface area (Å²) in [6.07, 6.45) is -1.02. The predicted octanol–water partition coefficient (Wildman–Crippen LogP) is 0.462. The first-order valence-corrected chi connectivity index (χ1v) is 6.25. The zero-order valence-electron chi connectivity index (χ0n) is 12.2. The molecule has 1 unspecified atom stereocenters. The molecule has 0 radical (unpaired) electrons. The van der Waals surface area contributed by atoms with Gasteiger partial charge in [0.15, 0.2) is 6.10 Å². The van der Waals surface area contributed by atoms with E-state index in [9.17, 15) is 9.59 Å². The molecule has 0 heterocycles.